The minimum Gasteiger partial charge on any atom is -0.456 e. The molecule has 0 amide bonds. The van der Waals surface area contributed by atoms with Crippen molar-refractivity contribution in [3.63, 3.8) is 0 Å². The van der Waals surface area contributed by atoms with Crippen LogP contribution in [-0.2, 0) is 9.05 Å². The molecule has 0 saturated heterocycles. The monoisotopic (exact) mass is 394 g/mol. The minimum atomic E-state index is -3.69. The Kier molecular flexibility index (Phi) is 4.14. The Morgan fingerprint density at radius 2 is 1.61 bits per heavy atom. The van der Waals surface area contributed by atoms with Gasteiger partial charge in [0.15, 0.2) is 0 Å². The third kappa shape index (κ3) is 3.37. The van der Waals surface area contributed by atoms with Crippen LogP contribution in [0, 0.1) is 3.57 Å². The first kappa shape index (κ1) is 13.6. The molecule has 0 aliphatic rings. The predicted octanol–water partition coefficient (Wildman–Crippen LogP) is 4.01. The molecule has 94 valence electrons. The lowest BCUT2D eigenvalue weighted by Gasteiger charge is -2.07. The topological polar surface area (TPSA) is 43.4 Å². The van der Waals surface area contributed by atoms with Crippen LogP contribution in [0.15, 0.2) is 53.4 Å². The standard InChI is InChI=1S/C12H8ClIO3S/c13-18(15,16)10-7-5-9(6-8-10)17-12-4-2-1-3-11(12)14/h1-8H. The van der Waals surface area contributed by atoms with Gasteiger partial charge in [-0.15, -0.1) is 0 Å². The number of hydrogen-bond acceptors (Lipinski definition) is 3. The van der Waals surface area contributed by atoms with Gasteiger partial charge in [0.1, 0.15) is 11.5 Å². The van der Waals surface area contributed by atoms with E-state index in [9.17, 15) is 8.42 Å². The van der Waals surface area contributed by atoms with Crippen LogP contribution in [0.2, 0.25) is 0 Å². The maximum Gasteiger partial charge on any atom is 0.261 e. The summed E-state index contributed by atoms with van der Waals surface area (Å²) in [5, 5.41) is 0. The van der Waals surface area contributed by atoms with Crippen molar-refractivity contribution < 1.29 is 13.2 Å². The SMILES string of the molecule is O=S(=O)(Cl)c1ccc(Oc2ccccc2I)cc1. The predicted molar refractivity (Wildman–Crippen MR) is 78.7 cm³/mol. The molecule has 0 aliphatic heterocycles. The molecule has 0 heterocycles. The first-order valence-corrected chi connectivity index (χ1v) is 8.33. The summed E-state index contributed by atoms with van der Waals surface area (Å²) in [4.78, 5) is 0.0549. The number of hydrogen-bond donors (Lipinski definition) is 0. The van der Waals surface area contributed by atoms with Gasteiger partial charge in [-0.25, -0.2) is 8.42 Å². The molecule has 0 N–H and O–H groups in total. The Morgan fingerprint density at radius 3 is 2.17 bits per heavy atom. The lowest BCUT2D eigenvalue weighted by molar-refractivity contribution is 0.479. The van der Waals surface area contributed by atoms with Gasteiger partial charge in [-0.2, -0.15) is 0 Å². The zero-order valence-corrected chi connectivity index (χ0v) is 12.7. The first-order chi connectivity index (χ1) is 8.47. The van der Waals surface area contributed by atoms with E-state index in [2.05, 4.69) is 22.6 Å². The van der Waals surface area contributed by atoms with E-state index in [0.29, 0.717) is 5.75 Å². The molecule has 0 atom stereocenters. The number of rotatable bonds is 3. The lowest BCUT2D eigenvalue weighted by atomic mass is 10.3. The fourth-order valence-corrected chi connectivity index (χ4v) is 2.59. The number of para-hydroxylation sites is 1. The summed E-state index contributed by atoms with van der Waals surface area (Å²) in [6.07, 6.45) is 0. The van der Waals surface area contributed by atoms with E-state index in [1.165, 1.54) is 12.1 Å². The molecule has 0 aromatic heterocycles. The summed E-state index contributed by atoms with van der Waals surface area (Å²) in [5.41, 5.74) is 0. The maximum absolute atomic E-state index is 11.1. The molecule has 2 aromatic carbocycles. The fraction of sp³-hybridized carbons (Fsp3) is 0. The van der Waals surface area contributed by atoms with E-state index >= 15 is 0 Å². The fourth-order valence-electron chi connectivity index (χ4n) is 1.32. The van der Waals surface area contributed by atoms with Gasteiger partial charge in [0.05, 0.1) is 8.47 Å². The van der Waals surface area contributed by atoms with Gasteiger partial charge in [-0.05, 0) is 59.0 Å². The van der Waals surface area contributed by atoms with Crippen molar-refractivity contribution in [2.45, 2.75) is 4.90 Å². The molecular formula is C12H8ClIO3S. The van der Waals surface area contributed by atoms with E-state index in [4.69, 9.17) is 15.4 Å². The second-order valence-corrected chi connectivity index (χ2v) is 7.17. The van der Waals surface area contributed by atoms with Crippen molar-refractivity contribution >= 4 is 42.3 Å². The molecule has 3 nitrogen and oxygen atoms in total. The number of benzene rings is 2. The molecule has 18 heavy (non-hydrogen) atoms. The summed E-state index contributed by atoms with van der Waals surface area (Å²) >= 11 is 2.16. The number of halogens is 2. The van der Waals surface area contributed by atoms with Crippen LogP contribution in [0.5, 0.6) is 11.5 Å². The summed E-state index contributed by atoms with van der Waals surface area (Å²) in [5.74, 6) is 1.28. The van der Waals surface area contributed by atoms with Crippen molar-refractivity contribution in [1.29, 1.82) is 0 Å². The summed E-state index contributed by atoms with van der Waals surface area (Å²) in [6, 6.07) is 13.5. The average Bonchev–Trinajstić information content (AvgIpc) is 2.32. The highest BCUT2D eigenvalue weighted by atomic mass is 127. The third-order valence-electron chi connectivity index (χ3n) is 2.17. The van der Waals surface area contributed by atoms with Gasteiger partial charge >= 0.3 is 0 Å². The smallest absolute Gasteiger partial charge is 0.261 e. The molecular weight excluding hydrogens is 387 g/mol. The van der Waals surface area contributed by atoms with E-state index < -0.39 is 9.05 Å². The molecule has 0 fully saturated rings. The molecule has 2 aromatic rings. The first-order valence-electron chi connectivity index (χ1n) is 4.94. The van der Waals surface area contributed by atoms with Gasteiger partial charge in [0.2, 0.25) is 0 Å². The Morgan fingerprint density at radius 1 is 1.00 bits per heavy atom. The maximum atomic E-state index is 11.1. The highest BCUT2D eigenvalue weighted by Gasteiger charge is 2.09. The van der Waals surface area contributed by atoms with Crippen molar-refractivity contribution in [3.8, 4) is 11.5 Å². The van der Waals surface area contributed by atoms with Crippen molar-refractivity contribution in [2.24, 2.45) is 0 Å². The summed E-state index contributed by atoms with van der Waals surface area (Å²) < 4.78 is 28.8. The van der Waals surface area contributed by atoms with E-state index in [0.717, 1.165) is 9.32 Å². The average molecular weight is 395 g/mol. The van der Waals surface area contributed by atoms with Crippen LogP contribution in [0.1, 0.15) is 0 Å². The van der Waals surface area contributed by atoms with Crippen LogP contribution < -0.4 is 4.74 Å². The highest BCUT2D eigenvalue weighted by Crippen LogP contribution is 2.27. The Labute approximate surface area is 123 Å². The zero-order chi connectivity index (χ0) is 13.2. The minimum absolute atomic E-state index is 0.0549. The van der Waals surface area contributed by atoms with Crippen LogP contribution in [0.3, 0.4) is 0 Å². The van der Waals surface area contributed by atoms with Crippen molar-refractivity contribution in [1.82, 2.24) is 0 Å². The van der Waals surface area contributed by atoms with Crippen molar-refractivity contribution in [3.05, 3.63) is 52.1 Å². The zero-order valence-electron chi connectivity index (χ0n) is 9.01. The number of ether oxygens (including phenoxy) is 1. The van der Waals surface area contributed by atoms with Gasteiger partial charge in [-0.3, -0.25) is 0 Å². The molecule has 0 spiro atoms. The Hall–Kier alpha value is -0.790. The van der Waals surface area contributed by atoms with Crippen LogP contribution in [0.25, 0.3) is 0 Å². The summed E-state index contributed by atoms with van der Waals surface area (Å²) in [7, 11) is 1.54. The highest BCUT2D eigenvalue weighted by molar-refractivity contribution is 14.1. The molecule has 2 rings (SSSR count). The van der Waals surface area contributed by atoms with Crippen LogP contribution in [0.4, 0.5) is 0 Å². The molecule has 0 bridgehead atoms. The van der Waals surface area contributed by atoms with Crippen LogP contribution >= 0.6 is 33.3 Å². The van der Waals surface area contributed by atoms with Crippen LogP contribution in [-0.4, -0.2) is 8.42 Å². The van der Waals surface area contributed by atoms with Gasteiger partial charge in [0, 0.05) is 10.7 Å². The normalized spacial score (nSPS) is 11.2. The van der Waals surface area contributed by atoms with Gasteiger partial charge < -0.3 is 4.74 Å². The van der Waals surface area contributed by atoms with Crippen molar-refractivity contribution in [2.75, 3.05) is 0 Å². The molecule has 0 unspecified atom stereocenters. The van der Waals surface area contributed by atoms with E-state index in [1.807, 2.05) is 24.3 Å². The second-order valence-electron chi connectivity index (χ2n) is 3.44. The largest absolute Gasteiger partial charge is 0.456 e. The Bertz CT molecular complexity index is 653. The van der Waals surface area contributed by atoms with Gasteiger partial charge in [-0.1, -0.05) is 12.1 Å². The summed E-state index contributed by atoms with van der Waals surface area (Å²) in [6.45, 7) is 0. The third-order valence-corrected chi connectivity index (χ3v) is 4.43. The lowest BCUT2D eigenvalue weighted by Crippen LogP contribution is -1.91. The quantitative estimate of drug-likeness (QED) is 0.583. The molecule has 0 saturated carbocycles. The molecule has 0 radical (unpaired) electrons. The van der Waals surface area contributed by atoms with E-state index in [-0.39, 0.29) is 4.90 Å². The second kappa shape index (κ2) is 5.46. The Balaban J connectivity index is 2.24. The van der Waals surface area contributed by atoms with Gasteiger partial charge in [0.25, 0.3) is 9.05 Å². The molecule has 0 aliphatic carbocycles. The van der Waals surface area contributed by atoms with E-state index in [1.54, 1.807) is 12.1 Å². The molecule has 6 heteroatoms.